The first-order chi connectivity index (χ1) is 11.2. The average Bonchev–Trinajstić information content (AvgIpc) is 3.16. The van der Waals surface area contributed by atoms with Crippen molar-refractivity contribution in [2.75, 3.05) is 24.8 Å². The number of fused-ring (bicyclic) bond motifs is 2. The Hall–Kier alpha value is -1.20. The highest BCUT2D eigenvalue weighted by Gasteiger charge is 2.42. The summed E-state index contributed by atoms with van der Waals surface area (Å²) in [6.07, 6.45) is 4.80. The third-order valence-electron chi connectivity index (χ3n) is 5.11. The molecule has 3 rings (SSSR count). The second-order valence-electron chi connectivity index (χ2n) is 6.75. The molecule has 2 aliphatic carbocycles. The summed E-state index contributed by atoms with van der Waals surface area (Å²) in [6, 6.07) is 7.72. The van der Waals surface area contributed by atoms with E-state index in [1.165, 1.54) is 19.3 Å². The summed E-state index contributed by atoms with van der Waals surface area (Å²) in [5, 5.41) is 3.06. The van der Waals surface area contributed by atoms with Crippen LogP contribution in [-0.4, -0.2) is 29.6 Å². The molecule has 23 heavy (non-hydrogen) atoms. The van der Waals surface area contributed by atoms with Crippen LogP contribution in [0.5, 0.6) is 0 Å². The molecule has 0 saturated heterocycles. The first-order valence-corrected chi connectivity index (χ1v) is 9.88. The summed E-state index contributed by atoms with van der Waals surface area (Å²) < 4.78 is 16.9. The van der Waals surface area contributed by atoms with Gasteiger partial charge in [0.25, 0.3) is 0 Å². The van der Waals surface area contributed by atoms with Gasteiger partial charge in [-0.1, -0.05) is 18.6 Å². The summed E-state index contributed by atoms with van der Waals surface area (Å²) in [5.74, 6) is 2.75. The molecule has 0 aliphatic heterocycles. The Morgan fingerprint density at radius 1 is 1.35 bits per heavy atom. The Morgan fingerprint density at radius 2 is 2.22 bits per heavy atom. The summed E-state index contributed by atoms with van der Waals surface area (Å²) in [4.78, 5) is 12.5. The van der Waals surface area contributed by atoms with Gasteiger partial charge in [0.2, 0.25) is 5.91 Å². The van der Waals surface area contributed by atoms with Crippen LogP contribution in [0.3, 0.4) is 0 Å². The van der Waals surface area contributed by atoms with Gasteiger partial charge in [-0.2, -0.15) is 0 Å². The van der Waals surface area contributed by atoms with Gasteiger partial charge in [-0.15, -0.1) is 0 Å². The van der Waals surface area contributed by atoms with Crippen LogP contribution in [0, 0.1) is 17.8 Å². The largest absolute Gasteiger partial charge is 0.384 e. The molecule has 4 atom stereocenters. The number of benzene rings is 1. The van der Waals surface area contributed by atoms with Crippen LogP contribution in [0.25, 0.3) is 0 Å². The average molecular weight is 335 g/mol. The zero-order valence-corrected chi connectivity index (χ0v) is 14.4. The molecule has 2 saturated carbocycles. The van der Waals surface area contributed by atoms with Crippen molar-refractivity contribution in [3.05, 3.63) is 29.8 Å². The smallest absolute Gasteiger partial charge is 0.227 e. The second kappa shape index (κ2) is 7.58. The molecular formula is C18H25NO3S. The predicted octanol–water partition coefficient (Wildman–Crippen LogP) is 2.96. The van der Waals surface area contributed by atoms with Crippen molar-refractivity contribution in [1.29, 1.82) is 0 Å². The lowest BCUT2D eigenvalue weighted by Crippen LogP contribution is -2.27. The van der Waals surface area contributed by atoms with E-state index in [0.717, 1.165) is 23.6 Å². The van der Waals surface area contributed by atoms with Gasteiger partial charge < -0.3 is 10.1 Å². The number of hydrogen-bond acceptors (Lipinski definition) is 3. The first kappa shape index (κ1) is 16.7. The second-order valence-corrected chi connectivity index (χ2v) is 8.33. The minimum atomic E-state index is -0.933. The van der Waals surface area contributed by atoms with E-state index in [0.29, 0.717) is 24.0 Å². The molecule has 0 aromatic heterocycles. The van der Waals surface area contributed by atoms with Gasteiger partial charge in [0.05, 0.1) is 6.61 Å². The number of nitrogens with one attached hydrogen (secondary N) is 1. The highest BCUT2D eigenvalue weighted by Crippen LogP contribution is 2.48. The monoisotopic (exact) mass is 335 g/mol. The highest BCUT2D eigenvalue weighted by molar-refractivity contribution is 7.84. The molecule has 2 aliphatic rings. The standard InChI is InChI=1S/C18H25NO3S/c1-22-7-8-23(21)12-14-3-2-4-16(10-14)19-18(20)17-11-13-5-6-15(17)9-13/h2-4,10,13,15,17H,5-9,11-12H2,1H3,(H,19,20)/t13-,15-,17+,23-/m0/s1. The van der Waals surface area contributed by atoms with Gasteiger partial charge in [-0.25, -0.2) is 0 Å². The fourth-order valence-electron chi connectivity index (χ4n) is 3.97. The highest BCUT2D eigenvalue weighted by atomic mass is 32.2. The van der Waals surface area contributed by atoms with E-state index >= 15 is 0 Å². The van der Waals surface area contributed by atoms with Crippen molar-refractivity contribution in [3.63, 3.8) is 0 Å². The Morgan fingerprint density at radius 3 is 2.91 bits per heavy atom. The Bertz CT molecular complexity index is 589. The third kappa shape index (κ3) is 4.21. The number of ether oxygens (including phenoxy) is 1. The molecule has 5 heteroatoms. The van der Waals surface area contributed by atoms with E-state index in [1.54, 1.807) is 7.11 Å². The number of amides is 1. The van der Waals surface area contributed by atoms with Gasteiger partial charge >= 0.3 is 0 Å². The number of anilines is 1. The van der Waals surface area contributed by atoms with Crippen LogP contribution in [0.1, 0.15) is 31.2 Å². The third-order valence-corrected chi connectivity index (χ3v) is 6.39. The summed E-state index contributed by atoms with van der Waals surface area (Å²) in [6.45, 7) is 0.507. The van der Waals surface area contributed by atoms with Crippen molar-refractivity contribution in [2.24, 2.45) is 17.8 Å². The molecule has 1 amide bonds. The van der Waals surface area contributed by atoms with Crippen molar-refractivity contribution >= 4 is 22.4 Å². The summed E-state index contributed by atoms with van der Waals surface area (Å²) in [5.41, 5.74) is 1.81. The predicted molar refractivity (Wildman–Crippen MR) is 92.6 cm³/mol. The molecular weight excluding hydrogens is 310 g/mol. The number of methoxy groups -OCH3 is 1. The topological polar surface area (TPSA) is 55.4 Å². The van der Waals surface area contributed by atoms with E-state index in [1.807, 2.05) is 24.3 Å². The maximum absolute atomic E-state index is 12.5. The minimum Gasteiger partial charge on any atom is -0.384 e. The lowest BCUT2D eigenvalue weighted by Gasteiger charge is -2.21. The fraction of sp³-hybridized carbons (Fsp3) is 0.611. The number of carbonyl (C=O) groups excluding carboxylic acids is 1. The number of rotatable bonds is 7. The van der Waals surface area contributed by atoms with E-state index in [4.69, 9.17) is 4.74 Å². The molecule has 0 heterocycles. The van der Waals surface area contributed by atoms with Gasteiger partial charge in [0.15, 0.2) is 0 Å². The molecule has 1 aromatic rings. The zero-order chi connectivity index (χ0) is 16.2. The fourth-order valence-corrected chi connectivity index (χ4v) is 5.02. The van der Waals surface area contributed by atoms with E-state index in [-0.39, 0.29) is 11.8 Å². The van der Waals surface area contributed by atoms with Crippen molar-refractivity contribution < 1.29 is 13.7 Å². The molecule has 4 nitrogen and oxygen atoms in total. The zero-order valence-electron chi connectivity index (χ0n) is 13.6. The molecule has 0 spiro atoms. The molecule has 1 aromatic carbocycles. The van der Waals surface area contributed by atoms with Crippen molar-refractivity contribution in [1.82, 2.24) is 0 Å². The molecule has 2 bridgehead atoms. The minimum absolute atomic E-state index is 0.162. The number of carbonyl (C=O) groups is 1. The van der Waals surface area contributed by atoms with Crippen molar-refractivity contribution in [3.8, 4) is 0 Å². The molecule has 1 N–H and O–H groups in total. The first-order valence-electron chi connectivity index (χ1n) is 8.39. The SMILES string of the molecule is COCC[S@](=O)Cc1cccc(NC(=O)[C@@H]2C[C@H]3CC[C@H]2C3)c1. The number of hydrogen-bond donors (Lipinski definition) is 1. The van der Waals surface area contributed by atoms with Crippen LogP contribution in [-0.2, 0) is 26.1 Å². The molecule has 0 radical (unpaired) electrons. The normalized spacial score (nSPS) is 27.1. The van der Waals surface area contributed by atoms with E-state index < -0.39 is 10.8 Å². The quantitative estimate of drug-likeness (QED) is 0.833. The lowest BCUT2D eigenvalue weighted by molar-refractivity contribution is -0.121. The lowest BCUT2D eigenvalue weighted by atomic mass is 9.88. The van der Waals surface area contributed by atoms with Gasteiger partial charge in [-0.3, -0.25) is 9.00 Å². The van der Waals surface area contributed by atoms with Crippen LogP contribution < -0.4 is 5.32 Å². The van der Waals surface area contributed by atoms with Crippen LogP contribution in [0.15, 0.2) is 24.3 Å². The summed E-state index contributed by atoms with van der Waals surface area (Å²) in [7, 11) is 0.681. The van der Waals surface area contributed by atoms with Gasteiger partial charge in [-0.05, 0) is 48.8 Å². The van der Waals surface area contributed by atoms with Crippen molar-refractivity contribution in [2.45, 2.75) is 31.4 Å². The Balaban J connectivity index is 1.57. The Kier molecular flexibility index (Phi) is 5.49. The molecule has 2 fully saturated rings. The van der Waals surface area contributed by atoms with Gasteiger partial charge in [0.1, 0.15) is 0 Å². The molecule has 126 valence electrons. The van der Waals surface area contributed by atoms with Crippen LogP contribution in [0.4, 0.5) is 5.69 Å². The van der Waals surface area contributed by atoms with Gasteiger partial charge in [0, 0.05) is 41.0 Å². The van der Waals surface area contributed by atoms with Crippen LogP contribution >= 0.6 is 0 Å². The van der Waals surface area contributed by atoms with E-state index in [2.05, 4.69) is 5.32 Å². The van der Waals surface area contributed by atoms with Crippen LogP contribution in [0.2, 0.25) is 0 Å². The maximum atomic E-state index is 12.5. The molecule has 0 unspecified atom stereocenters. The summed E-state index contributed by atoms with van der Waals surface area (Å²) >= 11 is 0. The van der Waals surface area contributed by atoms with E-state index in [9.17, 15) is 9.00 Å². The maximum Gasteiger partial charge on any atom is 0.227 e. The Labute approximate surface area is 140 Å².